The standard InChI is InChI=1S/C24H13ClF3N7O/c25-19-8-15(24(26,27)28)12-33-23(19)36-17-3-1-2-16(9-17)30-6-4-20-18-13-32-22-14(10-29)11-34-35(22)21(18)5-7-31-20/h1-3,5-9,11-13H,4H2. The van der Waals surface area contributed by atoms with E-state index in [0.717, 1.165) is 17.0 Å². The molecule has 0 aliphatic rings. The number of ether oxygens (including phenoxy) is 1. The van der Waals surface area contributed by atoms with Crippen LogP contribution in [0.5, 0.6) is 11.6 Å². The van der Waals surface area contributed by atoms with Crippen molar-refractivity contribution in [3.63, 3.8) is 0 Å². The van der Waals surface area contributed by atoms with E-state index in [4.69, 9.17) is 16.3 Å². The average molecular weight is 508 g/mol. The lowest BCUT2D eigenvalue weighted by molar-refractivity contribution is -0.137. The van der Waals surface area contributed by atoms with Crippen LogP contribution in [-0.4, -0.2) is 30.8 Å². The van der Waals surface area contributed by atoms with Crippen LogP contribution in [0.4, 0.5) is 18.9 Å². The average Bonchev–Trinajstić information content (AvgIpc) is 3.29. The third-order valence-electron chi connectivity index (χ3n) is 5.15. The molecule has 0 unspecified atom stereocenters. The maximum atomic E-state index is 12.8. The zero-order chi connectivity index (χ0) is 25.3. The predicted molar refractivity (Wildman–Crippen MR) is 126 cm³/mol. The Kier molecular flexibility index (Phi) is 5.95. The molecule has 4 heterocycles. The third-order valence-corrected chi connectivity index (χ3v) is 5.42. The molecule has 0 saturated carbocycles. The highest BCUT2D eigenvalue weighted by Crippen LogP contribution is 2.35. The Morgan fingerprint density at radius 2 is 1.97 bits per heavy atom. The first-order valence-corrected chi connectivity index (χ1v) is 10.7. The summed E-state index contributed by atoms with van der Waals surface area (Å²) in [6.07, 6.45) is 2.92. The van der Waals surface area contributed by atoms with Crippen molar-refractivity contribution in [3.05, 3.63) is 83.0 Å². The number of benzene rings is 1. The molecule has 0 bridgehead atoms. The van der Waals surface area contributed by atoms with Gasteiger partial charge in [-0.25, -0.2) is 14.5 Å². The first-order chi connectivity index (χ1) is 17.3. The fourth-order valence-corrected chi connectivity index (χ4v) is 3.68. The summed E-state index contributed by atoms with van der Waals surface area (Å²) in [7, 11) is 0. The number of pyridine rings is 2. The van der Waals surface area contributed by atoms with Crippen LogP contribution in [-0.2, 0) is 12.6 Å². The molecule has 1 aromatic carbocycles. The Morgan fingerprint density at radius 3 is 2.75 bits per heavy atom. The number of aliphatic imine (C=N–C) groups is 1. The Bertz CT molecular complexity index is 1670. The Labute approximate surface area is 206 Å². The molecule has 0 aliphatic carbocycles. The molecule has 0 amide bonds. The van der Waals surface area contributed by atoms with E-state index >= 15 is 0 Å². The minimum Gasteiger partial charge on any atom is -0.437 e. The molecule has 0 radical (unpaired) electrons. The SMILES string of the molecule is N#Cc1cnn2c1ncc1c(CC=Nc3cccc(Oc4ncc(C(F)(F)F)cc4Cl)c3)nccc12. The normalized spacial score (nSPS) is 11.9. The predicted octanol–water partition coefficient (Wildman–Crippen LogP) is 5.95. The summed E-state index contributed by atoms with van der Waals surface area (Å²) < 4.78 is 45.6. The molecule has 36 heavy (non-hydrogen) atoms. The minimum atomic E-state index is -4.55. The smallest absolute Gasteiger partial charge is 0.417 e. The number of fused-ring (bicyclic) bond motifs is 3. The third kappa shape index (κ3) is 4.54. The van der Waals surface area contributed by atoms with Gasteiger partial charge < -0.3 is 4.74 Å². The van der Waals surface area contributed by atoms with E-state index in [0.29, 0.717) is 41.0 Å². The first kappa shape index (κ1) is 23.2. The van der Waals surface area contributed by atoms with Gasteiger partial charge in [-0.05, 0) is 24.3 Å². The Morgan fingerprint density at radius 1 is 1.11 bits per heavy atom. The van der Waals surface area contributed by atoms with Gasteiger partial charge in [0, 0.05) is 42.7 Å². The Balaban J connectivity index is 1.34. The molecule has 8 nitrogen and oxygen atoms in total. The molecule has 5 rings (SSSR count). The maximum absolute atomic E-state index is 12.8. The molecule has 12 heteroatoms. The van der Waals surface area contributed by atoms with Gasteiger partial charge in [0.05, 0.1) is 28.7 Å². The molecule has 0 spiro atoms. The zero-order valence-electron chi connectivity index (χ0n) is 18.1. The summed E-state index contributed by atoms with van der Waals surface area (Å²) in [6, 6.07) is 11.2. The van der Waals surface area contributed by atoms with Gasteiger partial charge >= 0.3 is 6.18 Å². The van der Waals surface area contributed by atoms with Gasteiger partial charge in [-0.3, -0.25) is 9.98 Å². The second-order valence-electron chi connectivity index (χ2n) is 7.48. The van der Waals surface area contributed by atoms with E-state index < -0.39 is 11.7 Å². The molecule has 4 aromatic heterocycles. The first-order valence-electron chi connectivity index (χ1n) is 10.4. The molecule has 178 valence electrons. The lowest BCUT2D eigenvalue weighted by Crippen LogP contribution is -2.05. The van der Waals surface area contributed by atoms with Crippen LogP contribution in [0, 0.1) is 11.3 Å². The summed E-state index contributed by atoms with van der Waals surface area (Å²) in [5.41, 5.74) is 1.90. The van der Waals surface area contributed by atoms with Crippen LogP contribution in [0.1, 0.15) is 16.8 Å². The van der Waals surface area contributed by atoms with Crippen molar-refractivity contribution >= 4 is 40.1 Å². The van der Waals surface area contributed by atoms with Crippen LogP contribution < -0.4 is 4.74 Å². The second-order valence-corrected chi connectivity index (χ2v) is 7.89. The summed E-state index contributed by atoms with van der Waals surface area (Å²) in [5, 5.41) is 13.9. The molecular weight excluding hydrogens is 495 g/mol. The summed E-state index contributed by atoms with van der Waals surface area (Å²) in [4.78, 5) is 16.9. The molecule has 0 saturated heterocycles. The van der Waals surface area contributed by atoms with E-state index in [1.165, 1.54) is 6.20 Å². The molecule has 0 aliphatic heterocycles. The van der Waals surface area contributed by atoms with Gasteiger partial charge in [-0.1, -0.05) is 17.7 Å². The summed E-state index contributed by atoms with van der Waals surface area (Å²) in [5.74, 6) is 0.156. The minimum absolute atomic E-state index is 0.150. The van der Waals surface area contributed by atoms with E-state index in [9.17, 15) is 18.4 Å². The van der Waals surface area contributed by atoms with Gasteiger partial charge in [-0.15, -0.1) is 0 Å². The van der Waals surface area contributed by atoms with Crippen molar-refractivity contribution in [3.8, 4) is 17.7 Å². The van der Waals surface area contributed by atoms with Crippen LogP contribution in [0.3, 0.4) is 0 Å². The number of nitrogens with zero attached hydrogens (tertiary/aromatic N) is 7. The molecule has 0 N–H and O–H groups in total. The van der Waals surface area contributed by atoms with Crippen LogP contribution in [0.25, 0.3) is 16.6 Å². The number of hydrogen-bond donors (Lipinski definition) is 0. The number of rotatable bonds is 5. The van der Waals surface area contributed by atoms with E-state index in [1.807, 2.05) is 0 Å². The van der Waals surface area contributed by atoms with Crippen LogP contribution >= 0.6 is 11.6 Å². The van der Waals surface area contributed by atoms with Gasteiger partial charge in [-0.2, -0.15) is 23.5 Å². The highest BCUT2D eigenvalue weighted by atomic mass is 35.5. The quantitative estimate of drug-likeness (QED) is 0.272. The van der Waals surface area contributed by atoms with Crippen LogP contribution in [0.15, 0.2) is 66.2 Å². The van der Waals surface area contributed by atoms with Gasteiger partial charge in [0.1, 0.15) is 22.4 Å². The van der Waals surface area contributed by atoms with Crippen molar-refractivity contribution in [1.29, 1.82) is 5.26 Å². The summed E-state index contributed by atoms with van der Waals surface area (Å²) >= 11 is 5.92. The summed E-state index contributed by atoms with van der Waals surface area (Å²) in [6.45, 7) is 0. The highest BCUT2D eigenvalue weighted by molar-refractivity contribution is 6.31. The van der Waals surface area contributed by atoms with Crippen molar-refractivity contribution in [2.24, 2.45) is 4.99 Å². The molecular formula is C24H13ClF3N7O. The number of halogens is 4. The second kappa shape index (κ2) is 9.24. The van der Waals surface area contributed by atoms with Crippen molar-refractivity contribution in [2.45, 2.75) is 12.6 Å². The zero-order valence-corrected chi connectivity index (χ0v) is 18.9. The lowest BCUT2D eigenvalue weighted by atomic mass is 10.2. The van der Waals surface area contributed by atoms with Gasteiger partial charge in [0.2, 0.25) is 5.88 Å². The maximum Gasteiger partial charge on any atom is 0.417 e. The van der Waals surface area contributed by atoms with Crippen molar-refractivity contribution < 1.29 is 17.9 Å². The largest absolute Gasteiger partial charge is 0.437 e. The van der Waals surface area contributed by atoms with E-state index in [2.05, 4.69) is 31.1 Å². The Hall–Kier alpha value is -4.56. The lowest BCUT2D eigenvalue weighted by Gasteiger charge is -2.10. The fourth-order valence-electron chi connectivity index (χ4n) is 3.47. The van der Waals surface area contributed by atoms with Crippen LogP contribution in [0.2, 0.25) is 5.02 Å². The molecule has 0 fully saturated rings. The number of hydrogen-bond acceptors (Lipinski definition) is 7. The monoisotopic (exact) mass is 507 g/mol. The number of alkyl halides is 3. The number of nitriles is 1. The van der Waals surface area contributed by atoms with Gasteiger partial charge in [0.15, 0.2) is 5.65 Å². The highest BCUT2D eigenvalue weighted by Gasteiger charge is 2.31. The van der Waals surface area contributed by atoms with Gasteiger partial charge in [0.25, 0.3) is 0 Å². The molecule has 5 aromatic rings. The fraction of sp³-hybridized carbons (Fsp3) is 0.0833. The van der Waals surface area contributed by atoms with E-state index in [-0.39, 0.29) is 10.9 Å². The topological polar surface area (TPSA) is 101 Å². The molecule has 0 atom stereocenters. The van der Waals surface area contributed by atoms with E-state index in [1.54, 1.807) is 53.5 Å². The van der Waals surface area contributed by atoms with Crippen molar-refractivity contribution in [1.82, 2.24) is 24.6 Å². The number of aromatic nitrogens is 5. The van der Waals surface area contributed by atoms with Crippen molar-refractivity contribution in [2.75, 3.05) is 0 Å².